The molecule has 0 aliphatic carbocycles. The Labute approximate surface area is 135 Å². The van der Waals surface area contributed by atoms with Crippen LogP contribution in [0.5, 0.6) is 0 Å². The highest BCUT2D eigenvalue weighted by molar-refractivity contribution is 6.05. The number of pyridine rings is 1. The smallest absolute Gasteiger partial charge is 0.362 e. The molecular weight excluding hydrogens is 323 g/mol. The summed E-state index contributed by atoms with van der Waals surface area (Å²) in [4.78, 5) is 16.2. The third kappa shape index (κ3) is 2.65. The van der Waals surface area contributed by atoms with Crippen LogP contribution >= 0.6 is 0 Å². The van der Waals surface area contributed by atoms with Crippen molar-refractivity contribution in [1.82, 2.24) is 9.99 Å². The fraction of sp³-hybridized carbons (Fsp3) is 0.188. The van der Waals surface area contributed by atoms with Gasteiger partial charge >= 0.3 is 6.18 Å². The molecule has 1 atom stereocenters. The number of halogens is 3. The van der Waals surface area contributed by atoms with Crippen molar-refractivity contribution in [2.45, 2.75) is 18.3 Å². The maximum atomic E-state index is 13.4. The Hall–Kier alpha value is -2.74. The lowest BCUT2D eigenvalue weighted by molar-refractivity contribution is -0.297. The van der Waals surface area contributed by atoms with Gasteiger partial charge in [0.05, 0.1) is 12.1 Å². The van der Waals surface area contributed by atoms with Crippen LogP contribution < -0.4 is 0 Å². The highest BCUT2D eigenvalue weighted by atomic mass is 19.4. The molecule has 1 aromatic carbocycles. The van der Waals surface area contributed by atoms with Gasteiger partial charge in [0, 0.05) is 23.5 Å². The van der Waals surface area contributed by atoms with Gasteiger partial charge in [-0.2, -0.15) is 23.3 Å². The lowest BCUT2D eigenvalue weighted by Gasteiger charge is -2.32. The summed E-state index contributed by atoms with van der Waals surface area (Å²) in [6, 6.07) is 10.3. The normalized spacial score (nSPS) is 20.8. The van der Waals surface area contributed by atoms with Crippen LogP contribution in [0.3, 0.4) is 0 Å². The number of alkyl halides is 3. The van der Waals surface area contributed by atoms with Crippen LogP contribution in [-0.4, -0.2) is 38.6 Å². The van der Waals surface area contributed by atoms with Gasteiger partial charge in [-0.15, -0.1) is 0 Å². The molecule has 2 heterocycles. The van der Waals surface area contributed by atoms with Gasteiger partial charge in [0.2, 0.25) is 0 Å². The van der Waals surface area contributed by atoms with Gasteiger partial charge in [-0.25, -0.2) is 0 Å². The van der Waals surface area contributed by atoms with Crippen LogP contribution in [0.25, 0.3) is 0 Å². The van der Waals surface area contributed by atoms with E-state index in [1.54, 1.807) is 6.07 Å². The summed E-state index contributed by atoms with van der Waals surface area (Å²) in [6.45, 7) is 0. The number of nitrogens with zero attached hydrogens (tertiary/aromatic N) is 3. The second kappa shape index (κ2) is 5.72. The third-order valence-corrected chi connectivity index (χ3v) is 3.67. The quantitative estimate of drug-likeness (QED) is 0.917. The van der Waals surface area contributed by atoms with Gasteiger partial charge in [0.15, 0.2) is 0 Å². The van der Waals surface area contributed by atoms with Crippen molar-refractivity contribution < 1.29 is 23.1 Å². The molecule has 0 bridgehead atoms. The highest BCUT2D eigenvalue weighted by Crippen LogP contribution is 2.41. The van der Waals surface area contributed by atoms with E-state index in [2.05, 4.69) is 10.1 Å². The highest BCUT2D eigenvalue weighted by Gasteiger charge is 2.63. The number of hydrogen-bond acceptors (Lipinski definition) is 4. The second-order valence-electron chi connectivity index (χ2n) is 5.26. The van der Waals surface area contributed by atoms with Crippen molar-refractivity contribution in [3.8, 4) is 0 Å². The number of benzene rings is 1. The molecule has 1 unspecified atom stereocenters. The van der Waals surface area contributed by atoms with Crippen LogP contribution in [0.2, 0.25) is 0 Å². The number of aliphatic hydroxyl groups is 1. The zero-order valence-electron chi connectivity index (χ0n) is 12.2. The molecule has 2 aromatic rings. The Balaban J connectivity index is 2.05. The molecule has 124 valence electrons. The fourth-order valence-corrected chi connectivity index (χ4v) is 2.39. The van der Waals surface area contributed by atoms with Crippen LogP contribution in [0.1, 0.15) is 22.3 Å². The van der Waals surface area contributed by atoms with Crippen molar-refractivity contribution in [1.29, 1.82) is 0 Å². The molecule has 0 fully saturated rings. The largest absolute Gasteiger partial charge is 0.438 e. The first-order chi connectivity index (χ1) is 11.3. The van der Waals surface area contributed by atoms with Gasteiger partial charge in [0.25, 0.3) is 11.6 Å². The summed E-state index contributed by atoms with van der Waals surface area (Å²) >= 11 is 0. The van der Waals surface area contributed by atoms with E-state index in [0.717, 1.165) is 0 Å². The molecule has 0 saturated heterocycles. The van der Waals surface area contributed by atoms with Crippen molar-refractivity contribution in [3.63, 3.8) is 0 Å². The minimum absolute atomic E-state index is 0.0000895. The van der Waals surface area contributed by atoms with Crippen LogP contribution in [0, 0.1) is 0 Å². The number of carbonyl (C=O) groups is 1. The Morgan fingerprint density at radius 3 is 2.33 bits per heavy atom. The topological polar surface area (TPSA) is 65.8 Å². The molecule has 0 radical (unpaired) electrons. The van der Waals surface area contributed by atoms with E-state index in [0.29, 0.717) is 5.56 Å². The van der Waals surface area contributed by atoms with Gasteiger partial charge < -0.3 is 5.11 Å². The Morgan fingerprint density at radius 2 is 1.75 bits per heavy atom. The van der Waals surface area contributed by atoms with E-state index in [9.17, 15) is 23.1 Å². The molecule has 8 heteroatoms. The summed E-state index contributed by atoms with van der Waals surface area (Å²) < 4.78 is 40.3. The Bertz CT molecular complexity index is 778. The van der Waals surface area contributed by atoms with E-state index in [-0.39, 0.29) is 16.3 Å². The number of aromatic nitrogens is 1. The second-order valence-corrected chi connectivity index (χ2v) is 5.26. The van der Waals surface area contributed by atoms with E-state index in [1.807, 2.05) is 0 Å². The van der Waals surface area contributed by atoms with Crippen molar-refractivity contribution >= 4 is 11.6 Å². The molecule has 0 spiro atoms. The SMILES string of the molecule is O=C(c1ccccc1)N1N=C(c2ccncc2)CC1(O)C(F)(F)F. The fourth-order valence-electron chi connectivity index (χ4n) is 2.39. The first kappa shape index (κ1) is 16.1. The van der Waals surface area contributed by atoms with Gasteiger partial charge in [-0.05, 0) is 24.3 Å². The monoisotopic (exact) mass is 335 g/mol. The number of hydrogen-bond donors (Lipinski definition) is 1. The minimum atomic E-state index is -5.06. The molecule has 5 nitrogen and oxygen atoms in total. The molecule has 3 rings (SSSR count). The average Bonchev–Trinajstić information content (AvgIpc) is 2.95. The Kier molecular flexibility index (Phi) is 3.84. The molecule has 1 amide bonds. The molecule has 24 heavy (non-hydrogen) atoms. The zero-order chi connectivity index (χ0) is 17.4. The summed E-state index contributed by atoms with van der Waals surface area (Å²) in [5.41, 5.74) is -3.07. The number of carbonyl (C=O) groups excluding carboxylic acids is 1. The molecule has 0 saturated carbocycles. The number of hydrazone groups is 1. The van der Waals surface area contributed by atoms with Crippen LogP contribution in [-0.2, 0) is 0 Å². The third-order valence-electron chi connectivity index (χ3n) is 3.67. The average molecular weight is 335 g/mol. The van der Waals surface area contributed by atoms with Crippen molar-refractivity contribution in [3.05, 3.63) is 66.0 Å². The van der Waals surface area contributed by atoms with Crippen molar-refractivity contribution in [2.24, 2.45) is 5.10 Å². The lowest BCUT2D eigenvalue weighted by atomic mass is 10.0. The van der Waals surface area contributed by atoms with E-state index >= 15 is 0 Å². The van der Waals surface area contributed by atoms with E-state index in [1.165, 1.54) is 48.8 Å². The van der Waals surface area contributed by atoms with E-state index < -0.39 is 24.2 Å². The maximum absolute atomic E-state index is 13.4. The van der Waals surface area contributed by atoms with Gasteiger partial charge in [-0.1, -0.05) is 18.2 Å². The Morgan fingerprint density at radius 1 is 1.12 bits per heavy atom. The lowest BCUT2D eigenvalue weighted by Crippen LogP contribution is -2.56. The molecule has 1 aliphatic heterocycles. The summed E-state index contributed by atoms with van der Waals surface area (Å²) in [5.74, 6) is -1.03. The number of amides is 1. The zero-order valence-corrected chi connectivity index (χ0v) is 12.2. The first-order valence-electron chi connectivity index (χ1n) is 6.99. The molecule has 1 aromatic heterocycles. The van der Waals surface area contributed by atoms with Crippen molar-refractivity contribution in [2.75, 3.05) is 0 Å². The first-order valence-corrected chi connectivity index (χ1v) is 6.99. The maximum Gasteiger partial charge on any atom is 0.438 e. The summed E-state index contributed by atoms with van der Waals surface area (Å²) in [7, 11) is 0. The van der Waals surface area contributed by atoms with Crippen LogP contribution in [0.4, 0.5) is 13.2 Å². The van der Waals surface area contributed by atoms with Gasteiger partial charge in [0.1, 0.15) is 0 Å². The predicted molar refractivity (Wildman–Crippen MR) is 79.0 cm³/mol. The summed E-state index contributed by atoms with van der Waals surface area (Å²) in [6.07, 6.45) is -3.12. The standard InChI is InChI=1S/C16H12F3N3O2/c17-16(18,19)15(24)10-13(11-6-8-20-9-7-11)21-22(15)14(23)12-4-2-1-3-5-12/h1-9,24H,10H2. The molecule has 1 N–H and O–H groups in total. The summed E-state index contributed by atoms with van der Waals surface area (Å²) in [5, 5.41) is 14.1. The molecule has 1 aliphatic rings. The van der Waals surface area contributed by atoms with Crippen LogP contribution in [0.15, 0.2) is 60.0 Å². The van der Waals surface area contributed by atoms with E-state index in [4.69, 9.17) is 0 Å². The predicted octanol–water partition coefficient (Wildman–Crippen LogP) is 2.58. The number of rotatable bonds is 2. The minimum Gasteiger partial charge on any atom is -0.362 e. The van der Waals surface area contributed by atoms with Gasteiger partial charge in [-0.3, -0.25) is 9.78 Å². The molecular formula is C16H12F3N3O2.